The average Bonchev–Trinajstić information content (AvgIpc) is 2.76. The highest BCUT2D eigenvalue weighted by Gasteiger charge is 2.22. The van der Waals surface area contributed by atoms with Crippen LogP contribution in [0.25, 0.3) is 0 Å². The summed E-state index contributed by atoms with van der Waals surface area (Å²) >= 11 is 0. The molecule has 0 aromatic heterocycles. The zero-order valence-electron chi connectivity index (χ0n) is 18.5. The van der Waals surface area contributed by atoms with Gasteiger partial charge >= 0.3 is 0 Å². The molecule has 1 fully saturated rings. The molecule has 0 aliphatic carbocycles. The number of nitrogens with one attached hydrogen (secondary N) is 2. The van der Waals surface area contributed by atoms with Crippen molar-refractivity contribution in [3.63, 3.8) is 0 Å². The monoisotopic (exact) mass is 421 g/mol. The van der Waals surface area contributed by atoms with Gasteiger partial charge in [0.05, 0.1) is 25.8 Å². The molecule has 8 heteroatoms. The molecule has 0 bridgehead atoms. The molecule has 1 aromatic carbocycles. The second kappa shape index (κ2) is 13.2. The number of guanidine groups is 1. The fourth-order valence-electron chi connectivity index (χ4n) is 3.55. The van der Waals surface area contributed by atoms with E-state index in [1.807, 2.05) is 37.8 Å². The van der Waals surface area contributed by atoms with Crippen LogP contribution in [0.15, 0.2) is 29.3 Å². The number of rotatable bonds is 10. The molecule has 1 heterocycles. The van der Waals surface area contributed by atoms with Gasteiger partial charge in [-0.05, 0) is 38.5 Å². The highest BCUT2D eigenvalue weighted by Crippen LogP contribution is 2.22. The SMILES string of the molecule is CCNC(=NCC(c1ccc(F)cc1)N1CCOCC1)NCCC(=O)N(CC)CC. The van der Waals surface area contributed by atoms with Gasteiger partial charge in [0.1, 0.15) is 5.82 Å². The summed E-state index contributed by atoms with van der Waals surface area (Å²) in [5.74, 6) is 0.585. The van der Waals surface area contributed by atoms with E-state index in [-0.39, 0.29) is 17.8 Å². The zero-order chi connectivity index (χ0) is 21.8. The third-order valence-electron chi connectivity index (χ3n) is 5.26. The average molecular weight is 422 g/mol. The van der Waals surface area contributed by atoms with Gasteiger partial charge in [-0.15, -0.1) is 0 Å². The van der Waals surface area contributed by atoms with E-state index in [0.29, 0.717) is 38.7 Å². The quantitative estimate of drug-likeness (QED) is 0.447. The summed E-state index contributed by atoms with van der Waals surface area (Å²) in [6, 6.07) is 6.69. The van der Waals surface area contributed by atoms with Crippen LogP contribution in [0.3, 0.4) is 0 Å². The predicted octanol–water partition coefficient (Wildman–Crippen LogP) is 2.01. The number of carbonyl (C=O) groups excluding carboxylic acids is 1. The number of benzene rings is 1. The fourth-order valence-corrected chi connectivity index (χ4v) is 3.55. The Kier molecular flexibility index (Phi) is 10.6. The summed E-state index contributed by atoms with van der Waals surface area (Å²) in [6.07, 6.45) is 0.428. The Hall–Kier alpha value is -2.19. The summed E-state index contributed by atoms with van der Waals surface area (Å²) in [5, 5.41) is 6.50. The van der Waals surface area contributed by atoms with E-state index < -0.39 is 0 Å². The van der Waals surface area contributed by atoms with Gasteiger partial charge in [-0.1, -0.05) is 12.1 Å². The number of morpholine rings is 1. The molecule has 2 N–H and O–H groups in total. The molecule has 1 aliphatic rings. The number of halogens is 1. The number of aliphatic imine (C=N–C) groups is 1. The molecular weight excluding hydrogens is 385 g/mol. The number of nitrogens with zero attached hydrogens (tertiary/aromatic N) is 3. The Bertz CT molecular complexity index is 658. The molecule has 168 valence electrons. The maximum Gasteiger partial charge on any atom is 0.224 e. The van der Waals surface area contributed by atoms with Crippen LogP contribution < -0.4 is 10.6 Å². The third-order valence-corrected chi connectivity index (χ3v) is 5.26. The molecule has 1 aliphatic heterocycles. The third kappa shape index (κ3) is 7.57. The Morgan fingerprint density at radius 2 is 1.83 bits per heavy atom. The molecular formula is C22H36FN5O2. The van der Waals surface area contributed by atoms with Gasteiger partial charge in [0.25, 0.3) is 0 Å². The van der Waals surface area contributed by atoms with Crippen LogP contribution >= 0.6 is 0 Å². The minimum absolute atomic E-state index is 0.0438. The van der Waals surface area contributed by atoms with Crippen LogP contribution in [-0.4, -0.2) is 80.7 Å². The number of carbonyl (C=O) groups is 1. The van der Waals surface area contributed by atoms with Crippen LogP contribution in [-0.2, 0) is 9.53 Å². The lowest BCUT2D eigenvalue weighted by atomic mass is 10.0. The van der Waals surface area contributed by atoms with Gasteiger partial charge in [-0.25, -0.2) is 4.39 Å². The minimum Gasteiger partial charge on any atom is -0.379 e. The number of amides is 1. The first-order chi connectivity index (χ1) is 14.6. The van der Waals surface area contributed by atoms with Crippen molar-refractivity contribution in [3.8, 4) is 0 Å². The number of hydrogen-bond donors (Lipinski definition) is 2. The summed E-state index contributed by atoms with van der Waals surface area (Å²) in [4.78, 5) is 21.1. The summed E-state index contributed by atoms with van der Waals surface area (Å²) in [5.41, 5.74) is 1.04. The topological polar surface area (TPSA) is 69.2 Å². The van der Waals surface area contributed by atoms with Crippen molar-refractivity contribution >= 4 is 11.9 Å². The van der Waals surface area contributed by atoms with Crippen molar-refractivity contribution in [3.05, 3.63) is 35.6 Å². The highest BCUT2D eigenvalue weighted by molar-refractivity contribution is 5.81. The zero-order valence-corrected chi connectivity index (χ0v) is 18.5. The lowest BCUT2D eigenvalue weighted by Gasteiger charge is -2.34. The minimum atomic E-state index is -0.240. The Morgan fingerprint density at radius 3 is 2.43 bits per heavy atom. The Balaban J connectivity index is 2.03. The van der Waals surface area contributed by atoms with E-state index >= 15 is 0 Å². The van der Waals surface area contributed by atoms with E-state index in [0.717, 1.165) is 38.3 Å². The van der Waals surface area contributed by atoms with Gasteiger partial charge < -0.3 is 20.3 Å². The summed E-state index contributed by atoms with van der Waals surface area (Å²) < 4.78 is 18.9. The highest BCUT2D eigenvalue weighted by atomic mass is 19.1. The van der Waals surface area contributed by atoms with Crippen LogP contribution in [0.5, 0.6) is 0 Å². The first kappa shape index (κ1) is 24.1. The first-order valence-electron chi connectivity index (χ1n) is 11.0. The molecule has 0 saturated carbocycles. The van der Waals surface area contributed by atoms with Gasteiger partial charge in [0, 0.05) is 45.7 Å². The van der Waals surface area contributed by atoms with E-state index in [1.165, 1.54) is 12.1 Å². The standard InChI is InChI=1S/C22H36FN5O2/c1-4-24-22(25-12-11-21(29)27(5-2)6-3)26-17-20(28-13-15-30-16-14-28)18-7-9-19(23)10-8-18/h7-10,20H,4-6,11-17H2,1-3H3,(H2,24,25,26). The normalized spacial score (nSPS) is 16.2. The van der Waals surface area contributed by atoms with Gasteiger partial charge in [-0.2, -0.15) is 0 Å². The maximum atomic E-state index is 13.4. The van der Waals surface area contributed by atoms with Crippen molar-refractivity contribution in [1.82, 2.24) is 20.4 Å². The summed E-state index contributed by atoms with van der Waals surface area (Å²) in [7, 11) is 0. The lowest BCUT2D eigenvalue weighted by Crippen LogP contribution is -2.42. The van der Waals surface area contributed by atoms with Crippen LogP contribution in [0.4, 0.5) is 4.39 Å². The molecule has 1 saturated heterocycles. The fraction of sp³-hybridized carbons (Fsp3) is 0.636. The van der Waals surface area contributed by atoms with Gasteiger partial charge in [0.2, 0.25) is 5.91 Å². The van der Waals surface area contributed by atoms with Crippen molar-refractivity contribution in [2.45, 2.75) is 33.2 Å². The van der Waals surface area contributed by atoms with Crippen molar-refractivity contribution < 1.29 is 13.9 Å². The Labute approximate surface area is 179 Å². The van der Waals surface area contributed by atoms with Crippen LogP contribution in [0, 0.1) is 5.82 Å². The largest absolute Gasteiger partial charge is 0.379 e. The molecule has 2 rings (SSSR count). The predicted molar refractivity (Wildman–Crippen MR) is 118 cm³/mol. The van der Waals surface area contributed by atoms with Gasteiger partial charge in [0.15, 0.2) is 5.96 Å². The number of hydrogen-bond acceptors (Lipinski definition) is 4. The van der Waals surface area contributed by atoms with E-state index in [1.54, 1.807) is 0 Å². The molecule has 1 aromatic rings. The van der Waals surface area contributed by atoms with E-state index in [2.05, 4.69) is 15.5 Å². The second-order valence-corrected chi connectivity index (χ2v) is 7.18. The smallest absolute Gasteiger partial charge is 0.224 e. The molecule has 7 nitrogen and oxygen atoms in total. The number of ether oxygens (including phenoxy) is 1. The maximum absolute atomic E-state index is 13.4. The second-order valence-electron chi connectivity index (χ2n) is 7.18. The van der Waals surface area contributed by atoms with Crippen molar-refractivity contribution in [1.29, 1.82) is 0 Å². The molecule has 1 unspecified atom stereocenters. The van der Waals surface area contributed by atoms with Crippen molar-refractivity contribution in [2.75, 3.05) is 59.0 Å². The molecule has 0 radical (unpaired) electrons. The molecule has 30 heavy (non-hydrogen) atoms. The first-order valence-corrected chi connectivity index (χ1v) is 11.0. The van der Waals surface area contributed by atoms with E-state index in [9.17, 15) is 9.18 Å². The lowest BCUT2D eigenvalue weighted by molar-refractivity contribution is -0.130. The van der Waals surface area contributed by atoms with Crippen LogP contribution in [0.2, 0.25) is 0 Å². The molecule has 0 spiro atoms. The van der Waals surface area contributed by atoms with Crippen molar-refractivity contribution in [2.24, 2.45) is 4.99 Å². The van der Waals surface area contributed by atoms with Crippen LogP contribution in [0.1, 0.15) is 38.8 Å². The van der Waals surface area contributed by atoms with Gasteiger partial charge in [-0.3, -0.25) is 14.7 Å². The van der Waals surface area contributed by atoms with E-state index in [4.69, 9.17) is 9.73 Å². The molecule has 1 atom stereocenters. The Morgan fingerprint density at radius 1 is 1.17 bits per heavy atom. The molecule has 1 amide bonds. The summed E-state index contributed by atoms with van der Waals surface area (Å²) in [6.45, 7) is 12.2.